The Morgan fingerprint density at radius 3 is 2.25 bits per heavy atom. The number of rotatable bonds is 1. The smallest absolute Gasteiger partial charge is 0.321 e. The molecule has 0 saturated carbocycles. The first-order chi connectivity index (χ1) is 7.00. The zero-order valence-electron chi connectivity index (χ0n) is 8.55. The number of aliphatic imine (C=N–C) groups is 1. The summed E-state index contributed by atoms with van der Waals surface area (Å²) in [4.78, 5) is 15.8. The number of carbonyl (C=O) groups excluding carboxylic acids is 1. The molecule has 4 N–H and O–H groups in total. The first kappa shape index (κ1) is 14.5. The van der Waals surface area contributed by atoms with Gasteiger partial charge in [0, 0.05) is 12.1 Å². The van der Waals surface area contributed by atoms with Gasteiger partial charge in [0.05, 0.1) is 5.69 Å². The maximum atomic E-state index is 10.8. The molecule has 0 heterocycles. The molecule has 16 heavy (non-hydrogen) atoms. The standard InChI is InChI=1S/C9H11ClN4O.ClH/c1-14(9(12)15)8(11)13-7-4-2-6(10)3-5-7;/h2-5H,1H3,(H2,11,13)(H2,12,15);1H. The minimum Gasteiger partial charge on any atom is -0.369 e. The summed E-state index contributed by atoms with van der Waals surface area (Å²) in [6, 6.07) is 6.06. The second-order valence-corrected chi connectivity index (χ2v) is 3.28. The number of hydrogen-bond acceptors (Lipinski definition) is 2. The molecule has 1 aromatic rings. The van der Waals surface area contributed by atoms with Crippen LogP contribution in [-0.2, 0) is 0 Å². The third-order valence-electron chi connectivity index (χ3n) is 1.74. The topological polar surface area (TPSA) is 84.7 Å². The van der Waals surface area contributed by atoms with Crippen LogP contribution in [0.15, 0.2) is 29.3 Å². The van der Waals surface area contributed by atoms with E-state index in [4.69, 9.17) is 23.1 Å². The number of carbonyl (C=O) groups is 1. The Hall–Kier alpha value is -1.46. The molecule has 0 aliphatic heterocycles. The Labute approximate surface area is 104 Å². The van der Waals surface area contributed by atoms with Crippen molar-refractivity contribution in [1.82, 2.24) is 4.90 Å². The van der Waals surface area contributed by atoms with Gasteiger partial charge in [-0.25, -0.2) is 9.79 Å². The summed E-state index contributed by atoms with van der Waals surface area (Å²) in [7, 11) is 1.44. The molecule has 0 unspecified atom stereocenters. The highest BCUT2D eigenvalue weighted by atomic mass is 35.5. The quantitative estimate of drug-likeness (QED) is 0.597. The molecular weight excluding hydrogens is 251 g/mol. The highest BCUT2D eigenvalue weighted by Gasteiger charge is 2.06. The Morgan fingerprint density at radius 2 is 1.81 bits per heavy atom. The van der Waals surface area contributed by atoms with Gasteiger partial charge < -0.3 is 11.5 Å². The van der Waals surface area contributed by atoms with Crippen molar-refractivity contribution in [1.29, 1.82) is 0 Å². The van der Waals surface area contributed by atoms with Gasteiger partial charge in [-0.2, -0.15) is 0 Å². The van der Waals surface area contributed by atoms with Crippen LogP contribution in [-0.4, -0.2) is 23.9 Å². The largest absolute Gasteiger partial charge is 0.369 e. The fraction of sp³-hybridized carbons (Fsp3) is 0.111. The second kappa shape index (κ2) is 6.19. The van der Waals surface area contributed by atoms with Gasteiger partial charge >= 0.3 is 6.03 Å². The normalized spacial score (nSPS) is 10.5. The SMILES string of the molecule is CN(C(N)=O)C(N)=Nc1ccc(Cl)cc1.Cl. The molecule has 7 heteroatoms. The van der Waals surface area contributed by atoms with Crippen molar-refractivity contribution in [3.63, 3.8) is 0 Å². The van der Waals surface area contributed by atoms with Crippen molar-refractivity contribution in [2.45, 2.75) is 0 Å². The number of benzene rings is 1. The lowest BCUT2D eigenvalue weighted by Crippen LogP contribution is -2.41. The third kappa shape index (κ3) is 3.96. The zero-order chi connectivity index (χ0) is 11.4. The number of hydrogen-bond donors (Lipinski definition) is 2. The summed E-state index contributed by atoms with van der Waals surface area (Å²) in [5, 5.41) is 0.607. The first-order valence-corrected chi connectivity index (χ1v) is 4.51. The number of urea groups is 1. The molecule has 0 aliphatic rings. The van der Waals surface area contributed by atoms with Crippen LogP contribution >= 0.6 is 24.0 Å². The van der Waals surface area contributed by atoms with Crippen molar-refractivity contribution in [2.24, 2.45) is 16.5 Å². The summed E-state index contributed by atoms with van der Waals surface area (Å²) in [6.07, 6.45) is 0. The minimum atomic E-state index is -0.662. The number of guanidine groups is 1. The molecule has 0 saturated heterocycles. The number of halogens is 2. The molecule has 0 radical (unpaired) electrons. The van der Waals surface area contributed by atoms with Crippen molar-refractivity contribution in [2.75, 3.05) is 7.05 Å². The van der Waals surface area contributed by atoms with E-state index in [-0.39, 0.29) is 18.4 Å². The summed E-state index contributed by atoms with van der Waals surface area (Å²) in [6.45, 7) is 0. The maximum absolute atomic E-state index is 10.8. The van der Waals surface area contributed by atoms with Gasteiger partial charge in [0.1, 0.15) is 0 Å². The van der Waals surface area contributed by atoms with Crippen molar-refractivity contribution < 1.29 is 4.79 Å². The highest BCUT2D eigenvalue weighted by molar-refractivity contribution is 6.30. The fourth-order valence-electron chi connectivity index (χ4n) is 0.836. The van der Waals surface area contributed by atoms with Gasteiger partial charge in [-0.05, 0) is 24.3 Å². The average Bonchev–Trinajstić information content (AvgIpc) is 2.20. The van der Waals surface area contributed by atoms with Crippen LogP contribution in [0.5, 0.6) is 0 Å². The maximum Gasteiger partial charge on any atom is 0.321 e. The molecule has 0 aliphatic carbocycles. The van der Waals surface area contributed by atoms with E-state index in [1.54, 1.807) is 24.3 Å². The Morgan fingerprint density at radius 1 is 1.31 bits per heavy atom. The van der Waals surface area contributed by atoms with Crippen LogP contribution in [0.4, 0.5) is 10.5 Å². The van der Waals surface area contributed by atoms with Gasteiger partial charge in [0.2, 0.25) is 5.96 Å². The molecule has 0 aromatic heterocycles. The molecule has 0 bridgehead atoms. The zero-order valence-corrected chi connectivity index (χ0v) is 10.1. The van der Waals surface area contributed by atoms with Crippen LogP contribution in [0.2, 0.25) is 5.02 Å². The van der Waals surface area contributed by atoms with Crippen molar-refractivity contribution in [3.8, 4) is 0 Å². The van der Waals surface area contributed by atoms with Crippen LogP contribution in [0, 0.1) is 0 Å². The molecule has 0 atom stereocenters. The second-order valence-electron chi connectivity index (χ2n) is 2.84. The predicted molar refractivity (Wildman–Crippen MR) is 67.3 cm³/mol. The Bertz CT molecular complexity index is 391. The van der Waals surface area contributed by atoms with Crippen molar-refractivity contribution >= 4 is 41.7 Å². The van der Waals surface area contributed by atoms with E-state index in [1.807, 2.05) is 0 Å². The molecule has 0 fully saturated rings. The molecule has 0 spiro atoms. The third-order valence-corrected chi connectivity index (χ3v) is 2.00. The van der Waals surface area contributed by atoms with Crippen LogP contribution in [0.25, 0.3) is 0 Å². The molecule has 2 amide bonds. The Balaban J connectivity index is 0.00000225. The van der Waals surface area contributed by atoms with Gasteiger partial charge in [0.25, 0.3) is 0 Å². The summed E-state index contributed by atoms with van der Waals surface area (Å²) < 4.78 is 0. The van der Waals surface area contributed by atoms with Crippen molar-refractivity contribution in [3.05, 3.63) is 29.3 Å². The van der Waals surface area contributed by atoms with E-state index in [2.05, 4.69) is 4.99 Å². The van der Waals surface area contributed by atoms with Crippen LogP contribution < -0.4 is 11.5 Å². The fourth-order valence-corrected chi connectivity index (χ4v) is 0.962. The van der Waals surface area contributed by atoms with Crippen LogP contribution in [0.1, 0.15) is 0 Å². The lowest BCUT2D eigenvalue weighted by molar-refractivity contribution is 0.235. The monoisotopic (exact) mass is 262 g/mol. The molecule has 5 nitrogen and oxygen atoms in total. The molecular formula is C9H12Cl2N4O. The van der Waals surface area contributed by atoms with Gasteiger partial charge in [-0.1, -0.05) is 11.6 Å². The number of nitrogens with zero attached hydrogens (tertiary/aromatic N) is 2. The predicted octanol–water partition coefficient (Wildman–Crippen LogP) is 1.72. The van der Waals surface area contributed by atoms with E-state index < -0.39 is 6.03 Å². The van der Waals surface area contributed by atoms with Gasteiger partial charge in [-0.15, -0.1) is 12.4 Å². The van der Waals surface area contributed by atoms with E-state index in [0.717, 1.165) is 4.90 Å². The van der Waals surface area contributed by atoms with E-state index in [9.17, 15) is 4.79 Å². The lowest BCUT2D eigenvalue weighted by Gasteiger charge is -2.12. The number of primary amides is 1. The molecule has 1 rings (SSSR count). The van der Waals surface area contributed by atoms with E-state index in [1.165, 1.54) is 7.05 Å². The van der Waals surface area contributed by atoms with E-state index in [0.29, 0.717) is 10.7 Å². The highest BCUT2D eigenvalue weighted by Crippen LogP contribution is 2.16. The number of amides is 2. The van der Waals surface area contributed by atoms with Gasteiger partial charge in [-0.3, -0.25) is 4.90 Å². The molecule has 88 valence electrons. The summed E-state index contributed by atoms with van der Waals surface area (Å²) in [5.41, 5.74) is 11.2. The van der Waals surface area contributed by atoms with E-state index >= 15 is 0 Å². The number of nitrogens with two attached hydrogens (primary N) is 2. The summed E-state index contributed by atoms with van der Waals surface area (Å²) >= 11 is 5.70. The Kier molecular flexibility index (Phi) is 5.63. The first-order valence-electron chi connectivity index (χ1n) is 4.13. The van der Waals surface area contributed by atoms with Crippen LogP contribution in [0.3, 0.4) is 0 Å². The van der Waals surface area contributed by atoms with Gasteiger partial charge in [0.15, 0.2) is 0 Å². The lowest BCUT2D eigenvalue weighted by atomic mass is 10.3. The summed E-state index contributed by atoms with van der Waals surface area (Å²) in [5.74, 6) is 0.0322. The average molecular weight is 263 g/mol. The minimum absolute atomic E-state index is 0. The molecule has 1 aromatic carbocycles.